The molecule has 0 bridgehead atoms. The minimum Gasteiger partial charge on any atom is -0.392 e. The standard InChI is InChI=1S/C28H36FN5O3/c1-16(2)25-18(13-34-9-4-5-19(35)14-34)11-30-23-7-6-20(17(3)26(23)25)27-21(29)12-31-28(33-27)32-22-8-10-37-15-24(22)36/h6-7,11-12,16,19,22,24,35-36H,4-5,8-10,13-15H2,1-3H3,(H,31,32,33)/t19-,22+,24+/m0/s1. The number of anilines is 1. The van der Waals surface area contributed by atoms with E-state index in [2.05, 4.69) is 34.0 Å². The van der Waals surface area contributed by atoms with Crippen LogP contribution in [0.1, 0.15) is 55.7 Å². The first-order valence-corrected chi connectivity index (χ1v) is 13.2. The van der Waals surface area contributed by atoms with E-state index in [1.165, 1.54) is 11.8 Å². The number of aryl methyl sites for hydroxylation is 1. The molecule has 2 aromatic heterocycles. The third kappa shape index (κ3) is 5.45. The zero-order valence-electron chi connectivity index (χ0n) is 21.7. The number of piperidine rings is 1. The van der Waals surface area contributed by atoms with Crippen LogP contribution in [0.15, 0.2) is 24.5 Å². The van der Waals surface area contributed by atoms with Gasteiger partial charge in [-0.2, -0.15) is 0 Å². The van der Waals surface area contributed by atoms with Gasteiger partial charge < -0.3 is 20.3 Å². The van der Waals surface area contributed by atoms with Gasteiger partial charge in [0.2, 0.25) is 5.95 Å². The molecule has 2 fully saturated rings. The molecule has 0 aliphatic carbocycles. The summed E-state index contributed by atoms with van der Waals surface area (Å²) < 4.78 is 20.4. The summed E-state index contributed by atoms with van der Waals surface area (Å²) >= 11 is 0. The number of ether oxygens (including phenoxy) is 1. The van der Waals surface area contributed by atoms with Gasteiger partial charge in [-0.3, -0.25) is 9.88 Å². The van der Waals surface area contributed by atoms with Crippen molar-refractivity contribution in [3.05, 3.63) is 47.0 Å². The van der Waals surface area contributed by atoms with Crippen LogP contribution in [-0.4, -0.2) is 74.6 Å². The van der Waals surface area contributed by atoms with Crippen LogP contribution in [0.25, 0.3) is 22.2 Å². The van der Waals surface area contributed by atoms with E-state index in [9.17, 15) is 10.2 Å². The molecule has 0 radical (unpaired) electrons. The van der Waals surface area contributed by atoms with Crippen LogP contribution in [0.2, 0.25) is 0 Å². The number of nitrogens with one attached hydrogen (secondary N) is 1. The minimum atomic E-state index is -0.674. The largest absolute Gasteiger partial charge is 0.392 e. The van der Waals surface area contributed by atoms with Gasteiger partial charge >= 0.3 is 0 Å². The molecule has 1 aromatic carbocycles. The van der Waals surface area contributed by atoms with Crippen molar-refractivity contribution in [2.45, 2.75) is 70.7 Å². The molecule has 2 aliphatic rings. The first-order valence-electron chi connectivity index (χ1n) is 13.2. The Bertz CT molecular complexity index is 1270. The van der Waals surface area contributed by atoms with Crippen LogP contribution in [0, 0.1) is 12.7 Å². The van der Waals surface area contributed by atoms with Gasteiger partial charge in [0.05, 0.1) is 36.6 Å². The summed E-state index contributed by atoms with van der Waals surface area (Å²) in [7, 11) is 0. The Morgan fingerprint density at radius 1 is 1.19 bits per heavy atom. The molecule has 3 aromatic rings. The Labute approximate surface area is 216 Å². The number of aliphatic hydroxyl groups is 2. The van der Waals surface area contributed by atoms with Crippen molar-refractivity contribution >= 4 is 16.9 Å². The highest BCUT2D eigenvalue weighted by Crippen LogP contribution is 2.36. The maximum absolute atomic E-state index is 15.1. The van der Waals surface area contributed by atoms with E-state index >= 15 is 4.39 Å². The maximum Gasteiger partial charge on any atom is 0.223 e. The molecule has 9 heteroatoms. The molecule has 198 valence electrons. The van der Waals surface area contributed by atoms with Crippen LogP contribution >= 0.6 is 0 Å². The molecule has 4 heterocycles. The SMILES string of the molecule is Cc1c(-c2nc(N[C@@H]3CCOC[C@H]3O)ncc2F)ccc2ncc(CN3CCC[C@H](O)C3)c(C(C)C)c12. The van der Waals surface area contributed by atoms with Crippen molar-refractivity contribution in [3.8, 4) is 11.3 Å². The van der Waals surface area contributed by atoms with Crippen LogP contribution in [0.3, 0.4) is 0 Å². The van der Waals surface area contributed by atoms with Crippen molar-refractivity contribution in [2.75, 3.05) is 31.6 Å². The molecular formula is C28H36FN5O3. The van der Waals surface area contributed by atoms with Gasteiger partial charge in [-0.25, -0.2) is 14.4 Å². The van der Waals surface area contributed by atoms with E-state index in [4.69, 9.17) is 9.72 Å². The van der Waals surface area contributed by atoms with Crippen molar-refractivity contribution in [1.29, 1.82) is 0 Å². The number of hydrogen-bond acceptors (Lipinski definition) is 8. The zero-order valence-corrected chi connectivity index (χ0v) is 21.7. The molecule has 0 spiro atoms. The van der Waals surface area contributed by atoms with E-state index in [0.717, 1.165) is 48.0 Å². The second-order valence-corrected chi connectivity index (χ2v) is 10.6. The fraction of sp³-hybridized carbons (Fsp3) is 0.536. The Morgan fingerprint density at radius 3 is 2.78 bits per heavy atom. The number of nitrogens with zero attached hydrogens (tertiary/aromatic N) is 4. The molecular weight excluding hydrogens is 473 g/mol. The minimum absolute atomic E-state index is 0.220. The molecule has 0 amide bonds. The molecule has 2 aliphatic heterocycles. The molecule has 0 saturated carbocycles. The molecule has 0 unspecified atom stereocenters. The quantitative estimate of drug-likeness (QED) is 0.461. The molecule has 3 N–H and O–H groups in total. The van der Waals surface area contributed by atoms with E-state index in [0.29, 0.717) is 25.1 Å². The number of halogens is 1. The molecule has 3 atom stereocenters. The summed E-state index contributed by atoms with van der Waals surface area (Å²) in [6.07, 6.45) is 4.62. The number of fused-ring (bicyclic) bond motifs is 1. The van der Waals surface area contributed by atoms with Crippen molar-refractivity contribution < 1.29 is 19.3 Å². The molecule has 5 rings (SSSR count). The fourth-order valence-electron chi connectivity index (χ4n) is 5.66. The topological polar surface area (TPSA) is 104 Å². The zero-order chi connectivity index (χ0) is 26.1. The maximum atomic E-state index is 15.1. The van der Waals surface area contributed by atoms with Crippen LogP contribution in [0.5, 0.6) is 0 Å². The highest BCUT2D eigenvalue weighted by Gasteiger charge is 2.26. The van der Waals surface area contributed by atoms with Gasteiger partial charge in [-0.15, -0.1) is 0 Å². The fourth-order valence-corrected chi connectivity index (χ4v) is 5.66. The van der Waals surface area contributed by atoms with Gasteiger partial charge in [0.1, 0.15) is 5.69 Å². The monoisotopic (exact) mass is 509 g/mol. The summed E-state index contributed by atoms with van der Waals surface area (Å²) in [6, 6.07) is 3.54. The van der Waals surface area contributed by atoms with E-state index < -0.39 is 11.9 Å². The predicted molar refractivity (Wildman–Crippen MR) is 141 cm³/mol. The third-order valence-corrected chi connectivity index (χ3v) is 7.51. The molecule has 2 saturated heterocycles. The van der Waals surface area contributed by atoms with Gasteiger partial charge in [0, 0.05) is 36.8 Å². The highest BCUT2D eigenvalue weighted by atomic mass is 19.1. The van der Waals surface area contributed by atoms with Crippen LogP contribution in [-0.2, 0) is 11.3 Å². The number of β-amino-alcohol motifs (C(OH)–C–C–N with tert-alkyl or cyclic N) is 1. The lowest BCUT2D eigenvalue weighted by molar-refractivity contribution is -0.0136. The van der Waals surface area contributed by atoms with Crippen LogP contribution in [0.4, 0.5) is 10.3 Å². The summed E-state index contributed by atoms with van der Waals surface area (Å²) in [5.74, 6) is 0.00569. The van der Waals surface area contributed by atoms with Gasteiger partial charge in [-0.1, -0.05) is 19.9 Å². The van der Waals surface area contributed by atoms with Gasteiger partial charge in [0.25, 0.3) is 0 Å². The second kappa shape index (κ2) is 10.9. The number of rotatable bonds is 6. The first kappa shape index (κ1) is 25.9. The first-order chi connectivity index (χ1) is 17.8. The third-order valence-electron chi connectivity index (χ3n) is 7.51. The Kier molecular flexibility index (Phi) is 7.67. The summed E-state index contributed by atoms with van der Waals surface area (Å²) in [4.78, 5) is 15.7. The lowest BCUT2D eigenvalue weighted by atomic mass is 9.89. The average molecular weight is 510 g/mol. The lowest BCUT2D eigenvalue weighted by Crippen LogP contribution is -2.42. The van der Waals surface area contributed by atoms with Crippen molar-refractivity contribution in [2.24, 2.45) is 0 Å². The normalized spacial score (nSPS) is 23.1. The number of pyridine rings is 1. The van der Waals surface area contributed by atoms with E-state index in [1.54, 1.807) is 0 Å². The number of hydrogen-bond donors (Lipinski definition) is 3. The smallest absolute Gasteiger partial charge is 0.223 e. The van der Waals surface area contributed by atoms with Crippen molar-refractivity contribution in [1.82, 2.24) is 19.9 Å². The number of benzene rings is 1. The summed E-state index contributed by atoms with van der Waals surface area (Å²) in [5.41, 5.74) is 5.03. The Morgan fingerprint density at radius 2 is 2.03 bits per heavy atom. The van der Waals surface area contributed by atoms with E-state index in [-0.39, 0.29) is 36.3 Å². The number of likely N-dealkylation sites (tertiary alicyclic amines) is 1. The Hall–Kier alpha value is -2.72. The average Bonchev–Trinajstić information content (AvgIpc) is 2.87. The summed E-state index contributed by atoms with van der Waals surface area (Å²) in [5, 5.41) is 24.6. The predicted octanol–water partition coefficient (Wildman–Crippen LogP) is 3.78. The lowest BCUT2D eigenvalue weighted by Gasteiger charge is -2.31. The van der Waals surface area contributed by atoms with Gasteiger partial charge in [-0.05, 0) is 61.4 Å². The van der Waals surface area contributed by atoms with Crippen LogP contribution < -0.4 is 5.32 Å². The highest BCUT2D eigenvalue weighted by molar-refractivity contribution is 5.92. The number of aromatic nitrogens is 3. The second-order valence-electron chi connectivity index (χ2n) is 10.6. The van der Waals surface area contributed by atoms with Crippen molar-refractivity contribution in [3.63, 3.8) is 0 Å². The van der Waals surface area contributed by atoms with Gasteiger partial charge in [0.15, 0.2) is 5.82 Å². The molecule has 37 heavy (non-hydrogen) atoms. The Balaban J connectivity index is 1.54. The molecule has 8 nitrogen and oxygen atoms in total. The van der Waals surface area contributed by atoms with E-state index in [1.807, 2.05) is 25.3 Å². The summed E-state index contributed by atoms with van der Waals surface area (Å²) in [6.45, 7) is 9.46. The number of aliphatic hydroxyl groups excluding tert-OH is 2.